The molecule has 2 aromatic carbocycles. The summed E-state index contributed by atoms with van der Waals surface area (Å²) in [5.41, 5.74) is 4.95. The van der Waals surface area contributed by atoms with Gasteiger partial charge in [-0.2, -0.15) is 0 Å². The molecule has 33 heavy (non-hydrogen) atoms. The van der Waals surface area contributed by atoms with Crippen molar-refractivity contribution in [3.8, 4) is 22.5 Å². The lowest BCUT2D eigenvalue weighted by Crippen LogP contribution is -2.49. The molecule has 5 rings (SSSR count). The third kappa shape index (κ3) is 4.90. The number of amides is 1. The maximum atomic E-state index is 12.8. The summed E-state index contributed by atoms with van der Waals surface area (Å²) in [6.45, 7) is 2.86. The highest BCUT2D eigenvalue weighted by Crippen LogP contribution is 2.21. The number of benzene rings is 2. The zero-order chi connectivity index (χ0) is 22.5. The van der Waals surface area contributed by atoms with E-state index in [2.05, 4.69) is 56.5 Å². The molecule has 1 fully saturated rings. The molecular weight excluding hydrogens is 410 g/mol. The van der Waals surface area contributed by atoms with Crippen molar-refractivity contribution in [3.05, 3.63) is 96.7 Å². The third-order valence-corrected chi connectivity index (χ3v) is 5.95. The first kappa shape index (κ1) is 20.8. The van der Waals surface area contributed by atoms with Crippen LogP contribution in [-0.4, -0.2) is 52.2 Å². The number of carbonyl (C=O) groups excluding carboxylic acids is 1. The highest BCUT2D eigenvalue weighted by Gasteiger charge is 2.22. The number of aromatic nitrogens is 3. The SMILES string of the molecule is O=C(Cc1ccc(-c2ccccc2)cc1)N1CCN(c2ccc(-c3ccccn3)nn2)CC1. The molecule has 6 heteroatoms. The van der Waals surface area contributed by atoms with Crippen LogP contribution in [0.2, 0.25) is 0 Å². The van der Waals surface area contributed by atoms with E-state index in [0.29, 0.717) is 19.5 Å². The van der Waals surface area contributed by atoms with Gasteiger partial charge in [0.05, 0.1) is 12.1 Å². The van der Waals surface area contributed by atoms with Gasteiger partial charge in [-0.3, -0.25) is 9.78 Å². The van der Waals surface area contributed by atoms with E-state index in [-0.39, 0.29) is 5.91 Å². The van der Waals surface area contributed by atoms with Crippen LogP contribution in [0.4, 0.5) is 5.82 Å². The first-order valence-corrected chi connectivity index (χ1v) is 11.2. The summed E-state index contributed by atoms with van der Waals surface area (Å²) >= 11 is 0. The Morgan fingerprint density at radius 3 is 2.09 bits per heavy atom. The number of hydrogen-bond donors (Lipinski definition) is 0. The third-order valence-electron chi connectivity index (χ3n) is 5.95. The molecule has 164 valence electrons. The zero-order valence-electron chi connectivity index (χ0n) is 18.3. The summed E-state index contributed by atoms with van der Waals surface area (Å²) < 4.78 is 0. The fourth-order valence-electron chi connectivity index (χ4n) is 4.06. The van der Waals surface area contributed by atoms with Crippen molar-refractivity contribution < 1.29 is 4.79 Å². The van der Waals surface area contributed by atoms with Gasteiger partial charge in [0.15, 0.2) is 5.82 Å². The van der Waals surface area contributed by atoms with E-state index in [1.54, 1.807) is 6.20 Å². The van der Waals surface area contributed by atoms with Gasteiger partial charge in [-0.15, -0.1) is 10.2 Å². The average molecular weight is 436 g/mol. The lowest BCUT2D eigenvalue weighted by molar-refractivity contribution is -0.130. The van der Waals surface area contributed by atoms with Crippen LogP contribution in [0.25, 0.3) is 22.5 Å². The number of piperazine rings is 1. The van der Waals surface area contributed by atoms with Gasteiger partial charge in [0, 0.05) is 32.4 Å². The largest absolute Gasteiger partial charge is 0.352 e. The second-order valence-electron chi connectivity index (χ2n) is 8.10. The molecule has 6 nitrogen and oxygen atoms in total. The summed E-state index contributed by atoms with van der Waals surface area (Å²) in [4.78, 5) is 21.3. The van der Waals surface area contributed by atoms with E-state index < -0.39 is 0 Å². The van der Waals surface area contributed by atoms with Gasteiger partial charge in [0.1, 0.15) is 5.69 Å². The van der Waals surface area contributed by atoms with Crippen molar-refractivity contribution in [3.63, 3.8) is 0 Å². The zero-order valence-corrected chi connectivity index (χ0v) is 18.3. The van der Waals surface area contributed by atoms with Crippen LogP contribution < -0.4 is 4.90 Å². The fourth-order valence-corrected chi connectivity index (χ4v) is 4.06. The smallest absolute Gasteiger partial charge is 0.227 e. The van der Waals surface area contributed by atoms with E-state index in [1.165, 1.54) is 5.56 Å². The molecule has 0 unspecified atom stereocenters. The van der Waals surface area contributed by atoms with Crippen LogP contribution >= 0.6 is 0 Å². The van der Waals surface area contributed by atoms with Gasteiger partial charge in [0.2, 0.25) is 5.91 Å². The van der Waals surface area contributed by atoms with Crippen molar-refractivity contribution in [2.24, 2.45) is 0 Å². The predicted octanol–water partition coefficient (Wildman–Crippen LogP) is 4.10. The molecule has 2 aromatic heterocycles. The van der Waals surface area contributed by atoms with E-state index >= 15 is 0 Å². The van der Waals surface area contributed by atoms with Gasteiger partial charge in [-0.05, 0) is 41.0 Å². The number of anilines is 1. The number of carbonyl (C=O) groups is 1. The molecule has 0 aliphatic carbocycles. The number of pyridine rings is 1. The second-order valence-corrected chi connectivity index (χ2v) is 8.10. The Labute approximate surface area is 193 Å². The van der Waals surface area contributed by atoms with Crippen LogP contribution in [0.15, 0.2) is 91.1 Å². The molecular formula is C27H25N5O. The molecule has 3 heterocycles. The Morgan fingerprint density at radius 1 is 0.697 bits per heavy atom. The molecule has 1 aliphatic heterocycles. The maximum Gasteiger partial charge on any atom is 0.227 e. The van der Waals surface area contributed by atoms with Crippen LogP contribution in [0.1, 0.15) is 5.56 Å². The molecule has 1 saturated heterocycles. The Kier molecular flexibility index (Phi) is 6.06. The molecule has 4 aromatic rings. The van der Waals surface area contributed by atoms with Gasteiger partial charge in [0.25, 0.3) is 0 Å². The molecule has 0 bridgehead atoms. The van der Waals surface area contributed by atoms with Gasteiger partial charge in [-0.25, -0.2) is 0 Å². The lowest BCUT2D eigenvalue weighted by atomic mass is 10.0. The van der Waals surface area contributed by atoms with Gasteiger partial charge >= 0.3 is 0 Å². The van der Waals surface area contributed by atoms with E-state index in [1.807, 2.05) is 53.4 Å². The lowest BCUT2D eigenvalue weighted by Gasteiger charge is -2.35. The number of rotatable bonds is 5. The topological polar surface area (TPSA) is 62.2 Å². The van der Waals surface area contributed by atoms with Gasteiger partial charge < -0.3 is 9.80 Å². The molecule has 1 aliphatic rings. The van der Waals surface area contributed by atoms with E-state index in [4.69, 9.17) is 0 Å². The predicted molar refractivity (Wildman–Crippen MR) is 130 cm³/mol. The van der Waals surface area contributed by atoms with Crippen molar-refractivity contribution in [1.82, 2.24) is 20.1 Å². The summed E-state index contributed by atoms with van der Waals surface area (Å²) in [6.07, 6.45) is 2.17. The van der Waals surface area contributed by atoms with Crippen molar-refractivity contribution >= 4 is 11.7 Å². The highest BCUT2D eigenvalue weighted by molar-refractivity contribution is 5.79. The Hall–Kier alpha value is -4.06. The minimum atomic E-state index is 0.165. The van der Waals surface area contributed by atoms with Crippen LogP contribution in [0, 0.1) is 0 Å². The summed E-state index contributed by atoms with van der Waals surface area (Å²) in [7, 11) is 0. The molecule has 0 saturated carbocycles. The Bertz CT molecular complexity index is 1190. The quantitative estimate of drug-likeness (QED) is 0.472. The van der Waals surface area contributed by atoms with Crippen LogP contribution in [-0.2, 0) is 11.2 Å². The van der Waals surface area contributed by atoms with E-state index in [9.17, 15) is 4.79 Å². The van der Waals surface area contributed by atoms with Crippen molar-refractivity contribution in [2.45, 2.75) is 6.42 Å². The number of hydrogen-bond acceptors (Lipinski definition) is 5. The van der Waals surface area contributed by atoms with Gasteiger partial charge in [-0.1, -0.05) is 60.7 Å². The fraction of sp³-hybridized carbons (Fsp3) is 0.185. The first-order valence-electron chi connectivity index (χ1n) is 11.2. The number of nitrogens with zero attached hydrogens (tertiary/aromatic N) is 5. The molecule has 0 radical (unpaired) electrons. The molecule has 1 amide bonds. The summed E-state index contributed by atoms with van der Waals surface area (Å²) in [5.74, 6) is 0.997. The average Bonchev–Trinajstić information content (AvgIpc) is 2.90. The van der Waals surface area contributed by atoms with Crippen molar-refractivity contribution in [1.29, 1.82) is 0 Å². The molecule has 0 spiro atoms. The monoisotopic (exact) mass is 435 g/mol. The summed E-state index contributed by atoms with van der Waals surface area (Å²) in [6, 6.07) is 28.2. The Morgan fingerprint density at radius 2 is 1.42 bits per heavy atom. The second kappa shape index (κ2) is 9.61. The molecule has 0 atom stereocenters. The van der Waals surface area contributed by atoms with E-state index in [0.717, 1.165) is 41.4 Å². The normalized spacial score (nSPS) is 13.7. The highest BCUT2D eigenvalue weighted by atomic mass is 16.2. The Balaban J connectivity index is 1.15. The molecule has 0 N–H and O–H groups in total. The maximum absolute atomic E-state index is 12.8. The standard InChI is InChI=1S/C27H25N5O/c33-27(20-21-9-11-23(12-10-21)22-6-2-1-3-7-22)32-18-16-31(17-19-32)26-14-13-25(29-30-26)24-8-4-5-15-28-24/h1-15H,16-20H2. The van der Waals surface area contributed by atoms with Crippen LogP contribution in [0.3, 0.4) is 0 Å². The minimum absolute atomic E-state index is 0.165. The van der Waals surface area contributed by atoms with Crippen molar-refractivity contribution in [2.75, 3.05) is 31.1 Å². The first-order chi connectivity index (χ1) is 16.3. The minimum Gasteiger partial charge on any atom is -0.352 e. The van der Waals surface area contributed by atoms with Crippen LogP contribution in [0.5, 0.6) is 0 Å². The summed E-state index contributed by atoms with van der Waals surface area (Å²) in [5, 5.41) is 8.71.